The van der Waals surface area contributed by atoms with Crippen LogP contribution in [0.25, 0.3) is 0 Å². The normalized spacial score (nSPS) is 20.2. The molecule has 1 saturated carbocycles. The van der Waals surface area contributed by atoms with E-state index in [1.165, 1.54) is 110 Å². The van der Waals surface area contributed by atoms with Crippen LogP contribution < -0.4 is 0 Å². The molecule has 0 saturated heterocycles. The van der Waals surface area contributed by atoms with Crippen LogP contribution in [0.2, 0.25) is 0 Å². The fourth-order valence-electron chi connectivity index (χ4n) is 3.56. The molecule has 26 heavy (non-hydrogen) atoms. The molecule has 4 heteroatoms. The maximum absolute atomic E-state index is 5.72. The molecular weight excluding hydrogens is 393 g/mol. The Labute approximate surface area is 182 Å². The van der Waals surface area contributed by atoms with Crippen LogP contribution in [-0.2, 0) is 0 Å². The van der Waals surface area contributed by atoms with Gasteiger partial charge >= 0.3 is 0 Å². The zero-order valence-corrected chi connectivity index (χ0v) is 20.4. The zero-order valence-electron chi connectivity index (χ0n) is 17.1. The number of hydrogen-bond donors (Lipinski definition) is 0. The largest absolute Gasteiger partial charge is 0.119 e. The fraction of sp³-hybridized carbons (Fsp3) is 0.909. The van der Waals surface area contributed by atoms with E-state index in [0.717, 1.165) is 0 Å². The van der Waals surface area contributed by atoms with Crippen molar-refractivity contribution in [2.75, 3.05) is 11.5 Å². The molecular formula is C22H40S4. The molecule has 0 nitrogen and oxygen atoms in total. The van der Waals surface area contributed by atoms with Gasteiger partial charge in [-0.15, -0.1) is 23.5 Å². The van der Waals surface area contributed by atoms with Gasteiger partial charge in [0.2, 0.25) is 0 Å². The zero-order chi connectivity index (χ0) is 19.0. The van der Waals surface area contributed by atoms with Crippen molar-refractivity contribution in [2.24, 2.45) is 11.8 Å². The Bertz CT molecular complexity index is 336. The van der Waals surface area contributed by atoms with Crippen molar-refractivity contribution in [1.82, 2.24) is 0 Å². The molecule has 0 aromatic heterocycles. The first-order valence-corrected chi connectivity index (χ1v) is 13.8. The van der Waals surface area contributed by atoms with Gasteiger partial charge in [0.1, 0.15) is 0 Å². The van der Waals surface area contributed by atoms with Crippen LogP contribution in [0.3, 0.4) is 0 Å². The van der Waals surface area contributed by atoms with E-state index >= 15 is 0 Å². The highest BCUT2D eigenvalue weighted by Gasteiger charge is 2.26. The van der Waals surface area contributed by atoms with Crippen LogP contribution in [0, 0.1) is 11.8 Å². The summed E-state index contributed by atoms with van der Waals surface area (Å²) in [7, 11) is 0. The van der Waals surface area contributed by atoms with E-state index in [1.54, 1.807) is 0 Å². The monoisotopic (exact) mass is 432 g/mol. The topological polar surface area (TPSA) is 0 Å². The summed E-state index contributed by atoms with van der Waals surface area (Å²) in [5.74, 6) is 3.80. The second-order valence-corrected chi connectivity index (χ2v) is 11.4. The van der Waals surface area contributed by atoms with Gasteiger partial charge in [-0.2, -0.15) is 0 Å². The molecule has 0 heterocycles. The van der Waals surface area contributed by atoms with Crippen LogP contribution in [0.4, 0.5) is 0 Å². The minimum Gasteiger partial charge on any atom is -0.119 e. The van der Waals surface area contributed by atoms with Crippen LogP contribution >= 0.6 is 48.0 Å². The van der Waals surface area contributed by atoms with Crippen LogP contribution in [0.5, 0.6) is 0 Å². The van der Waals surface area contributed by atoms with Gasteiger partial charge in [0.05, 0.1) is 8.39 Å². The van der Waals surface area contributed by atoms with Crippen molar-refractivity contribution in [3.63, 3.8) is 0 Å². The Morgan fingerprint density at radius 1 is 0.615 bits per heavy atom. The molecule has 1 fully saturated rings. The molecule has 0 aromatic rings. The number of rotatable bonds is 14. The van der Waals surface area contributed by atoms with E-state index in [9.17, 15) is 0 Å². The van der Waals surface area contributed by atoms with E-state index in [0.29, 0.717) is 11.8 Å². The third-order valence-corrected chi connectivity index (χ3v) is 8.97. The Hall–Kier alpha value is 0.880. The lowest BCUT2D eigenvalue weighted by molar-refractivity contribution is 0.398. The van der Waals surface area contributed by atoms with Crippen LogP contribution in [0.1, 0.15) is 104 Å². The summed E-state index contributed by atoms with van der Waals surface area (Å²) in [6, 6.07) is 0. The number of thiocarbonyl (C=S) groups is 2. The molecule has 0 amide bonds. The van der Waals surface area contributed by atoms with E-state index < -0.39 is 0 Å². The predicted molar refractivity (Wildman–Crippen MR) is 133 cm³/mol. The van der Waals surface area contributed by atoms with E-state index in [1.807, 2.05) is 23.5 Å². The molecule has 0 aromatic carbocycles. The van der Waals surface area contributed by atoms with Gasteiger partial charge in [-0.1, -0.05) is 89.6 Å². The quantitative estimate of drug-likeness (QED) is 0.198. The highest BCUT2D eigenvalue weighted by Crippen LogP contribution is 2.36. The van der Waals surface area contributed by atoms with Gasteiger partial charge < -0.3 is 0 Å². The first kappa shape index (κ1) is 24.9. The lowest BCUT2D eigenvalue weighted by Crippen LogP contribution is -2.22. The molecule has 0 bridgehead atoms. The van der Waals surface area contributed by atoms with Crippen molar-refractivity contribution in [3.05, 3.63) is 0 Å². The van der Waals surface area contributed by atoms with Crippen molar-refractivity contribution < 1.29 is 0 Å². The second kappa shape index (κ2) is 16.8. The smallest absolute Gasteiger partial charge is 0.0509 e. The SMILES string of the molecule is CCCCCCCSC(=S)C1CCC(C(=S)SCCCCCCC)CC1. The predicted octanol–water partition coefficient (Wildman–Crippen LogP) is 8.85. The molecule has 1 rings (SSSR count). The van der Waals surface area contributed by atoms with Gasteiger partial charge in [-0.3, -0.25) is 0 Å². The summed E-state index contributed by atoms with van der Waals surface area (Å²) in [6.07, 6.45) is 18.7. The minimum absolute atomic E-state index is 0.670. The first-order valence-electron chi connectivity index (χ1n) is 11.0. The summed E-state index contributed by atoms with van der Waals surface area (Å²) in [6.45, 7) is 4.55. The highest BCUT2D eigenvalue weighted by molar-refractivity contribution is 8.23. The fourth-order valence-corrected chi connectivity index (χ4v) is 6.57. The molecule has 0 unspecified atom stereocenters. The van der Waals surface area contributed by atoms with Crippen molar-refractivity contribution >= 4 is 56.4 Å². The summed E-state index contributed by atoms with van der Waals surface area (Å²) >= 11 is 15.4. The third kappa shape index (κ3) is 11.7. The summed E-state index contributed by atoms with van der Waals surface area (Å²) in [5, 5.41) is 0. The minimum atomic E-state index is 0.670. The second-order valence-electron chi connectivity index (χ2n) is 7.71. The molecule has 0 N–H and O–H groups in total. The third-order valence-electron chi connectivity index (χ3n) is 5.38. The van der Waals surface area contributed by atoms with Crippen LogP contribution in [0.15, 0.2) is 0 Å². The number of thioether (sulfide) groups is 2. The van der Waals surface area contributed by atoms with Crippen molar-refractivity contribution in [2.45, 2.75) is 104 Å². The Morgan fingerprint density at radius 3 is 1.31 bits per heavy atom. The summed E-state index contributed by atoms with van der Waals surface area (Å²) in [5.41, 5.74) is 0. The standard InChI is InChI=1S/C22H40S4/c1-3-5-7-9-11-17-25-21(23)19-13-15-20(16-14-19)22(24)26-18-12-10-8-6-4-2/h19-20H,3-18H2,1-2H3. The van der Waals surface area contributed by atoms with E-state index in [4.69, 9.17) is 24.4 Å². The van der Waals surface area contributed by atoms with Crippen LogP contribution in [-0.4, -0.2) is 19.9 Å². The summed E-state index contributed by atoms with van der Waals surface area (Å²) in [4.78, 5) is 0. The number of hydrogen-bond acceptors (Lipinski definition) is 4. The van der Waals surface area contributed by atoms with E-state index in [2.05, 4.69) is 13.8 Å². The molecule has 1 aliphatic rings. The Balaban J connectivity index is 2.07. The molecule has 0 spiro atoms. The van der Waals surface area contributed by atoms with Crippen molar-refractivity contribution in [3.8, 4) is 0 Å². The van der Waals surface area contributed by atoms with Gasteiger partial charge in [0.25, 0.3) is 0 Å². The molecule has 152 valence electrons. The summed E-state index contributed by atoms with van der Waals surface area (Å²) < 4.78 is 2.57. The van der Waals surface area contributed by atoms with Gasteiger partial charge in [-0.05, 0) is 50.0 Å². The maximum Gasteiger partial charge on any atom is 0.0509 e. The molecule has 0 radical (unpaired) electrons. The highest BCUT2D eigenvalue weighted by atomic mass is 32.2. The van der Waals surface area contributed by atoms with Crippen molar-refractivity contribution in [1.29, 1.82) is 0 Å². The van der Waals surface area contributed by atoms with Gasteiger partial charge in [0, 0.05) is 11.8 Å². The maximum atomic E-state index is 5.72. The average molecular weight is 433 g/mol. The van der Waals surface area contributed by atoms with Gasteiger partial charge in [0.15, 0.2) is 0 Å². The molecule has 0 aliphatic heterocycles. The van der Waals surface area contributed by atoms with E-state index in [-0.39, 0.29) is 0 Å². The first-order chi connectivity index (χ1) is 12.7. The average Bonchev–Trinajstić information content (AvgIpc) is 2.67. The van der Waals surface area contributed by atoms with Gasteiger partial charge in [-0.25, -0.2) is 0 Å². The lowest BCUT2D eigenvalue weighted by Gasteiger charge is -2.29. The number of unbranched alkanes of at least 4 members (excludes halogenated alkanes) is 8. The Kier molecular flexibility index (Phi) is 16.1. The molecule has 1 aliphatic carbocycles. The lowest BCUT2D eigenvalue weighted by atomic mass is 9.84. The molecule has 0 atom stereocenters. The Morgan fingerprint density at radius 2 is 0.962 bits per heavy atom.